The SMILES string of the molecule is Cc1ccc(C(=O)C=Cc2ccc(OCCCCc3cn(CCOCCOc4ccc(-c5cc(=O)c6ccccc6o5)cc4)nn3)cc2)c(O)c1. The van der Waals surface area contributed by atoms with Gasteiger partial charge >= 0.3 is 0 Å². The number of rotatable bonds is 17. The minimum absolute atomic E-state index is 0.0143. The Bertz CT molecular complexity index is 2150. The van der Waals surface area contributed by atoms with Gasteiger partial charge in [-0.15, -0.1) is 5.10 Å². The van der Waals surface area contributed by atoms with Crippen molar-refractivity contribution in [2.24, 2.45) is 0 Å². The van der Waals surface area contributed by atoms with Gasteiger partial charge in [-0.2, -0.15) is 0 Å². The summed E-state index contributed by atoms with van der Waals surface area (Å²) in [4.78, 5) is 24.8. The average molecular weight is 686 g/mol. The van der Waals surface area contributed by atoms with Crippen molar-refractivity contribution in [1.29, 1.82) is 0 Å². The molecule has 10 nitrogen and oxygen atoms in total. The molecule has 51 heavy (non-hydrogen) atoms. The summed E-state index contributed by atoms with van der Waals surface area (Å²) in [5, 5.41) is 19.0. The number of unbranched alkanes of at least 4 members (excludes halogenated alkanes) is 1. The monoisotopic (exact) mass is 685 g/mol. The molecular weight excluding hydrogens is 646 g/mol. The van der Waals surface area contributed by atoms with Gasteiger partial charge in [0.1, 0.15) is 35.2 Å². The summed E-state index contributed by atoms with van der Waals surface area (Å²) in [6.07, 6.45) is 7.71. The normalized spacial score (nSPS) is 11.3. The zero-order valence-electron chi connectivity index (χ0n) is 28.4. The molecule has 6 rings (SSSR count). The second-order valence-corrected chi connectivity index (χ2v) is 12.0. The van der Waals surface area contributed by atoms with Crippen LogP contribution in [0.3, 0.4) is 0 Å². The van der Waals surface area contributed by atoms with Gasteiger partial charge in [-0.1, -0.05) is 41.6 Å². The van der Waals surface area contributed by atoms with Crippen LogP contribution in [0.4, 0.5) is 0 Å². The molecule has 0 saturated carbocycles. The van der Waals surface area contributed by atoms with Gasteiger partial charge in [-0.3, -0.25) is 9.59 Å². The number of ketones is 1. The average Bonchev–Trinajstić information content (AvgIpc) is 3.60. The molecule has 0 amide bonds. The first-order valence-electron chi connectivity index (χ1n) is 16.9. The van der Waals surface area contributed by atoms with E-state index >= 15 is 0 Å². The highest BCUT2D eigenvalue weighted by Crippen LogP contribution is 2.25. The molecule has 260 valence electrons. The summed E-state index contributed by atoms with van der Waals surface area (Å²) in [6.45, 7) is 4.35. The number of benzene rings is 4. The highest BCUT2D eigenvalue weighted by atomic mass is 16.5. The molecule has 1 N–H and O–H groups in total. The van der Waals surface area contributed by atoms with Crippen molar-refractivity contribution in [2.75, 3.05) is 26.4 Å². The maximum absolute atomic E-state index is 12.4. The molecule has 0 aliphatic carbocycles. The standard InChI is InChI=1S/C41H39N3O7/c1-29-9-19-35(38(46)26-29)37(45)20-12-30-10-15-33(16-11-30)49-22-5-4-6-32-28-44(43-42-32)21-23-48-24-25-50-34-17-13-31(14-18-34)41-27-39(47)36-7-2-3-8-40(36)51-41/h2-3,7-20,26-28,46H,4-6,21-25H2,1H3. The second-order valence-electron chi connectivity index (χ2n) is 12.0. The Hall–Kier alpha value is -6.00. The molecule has 0 atom stereocenters. The number of nitrogens with zero attached hydrogens (tertiary/aromatic N) is 3. The summed E-state index contributed by atoms with van der Waals surface area (Å²) >= 11 is 0. The molecule has 0 saturated heterocycles. The second kappa shape index (κ2) is 17.1. The van der Waals surface area contributed by atoms with E-state index in [1.165, 1.54) is 12.1 Å². The fraction of sp³-hybridized carbons (Fsp3) is 0.220. The van der Waals surface area contributed by atoms with E-state index in [1.54, 1.807) is 41.1 Å². The topological polar surface area (TPSA) is 126 Å². The Morgan fingerprint density at radius 2 is 1.63 bits per heavy atom. The Balaban J connectivity index is 0.825. The number of fused-ring (bicyclic) bond motifs is 1. The number of allylic oxidation sites excluding steroid dienone is 1. The van der Waals surface area contributed by atoms with E-state index in [4.69, 9.17) is 18.6 Å². The van der Waals surface area contributed by atoms with Crippen molar-refractivity contribution >= 4 is 22.8 Å². The molecular formula is C41H39N3O7. The van der Waals surface area contributed by atoms with E-state index in [1.807, 2.05) is 73.8 Å². The number of carbonyl (C=O) groups is 1. The zero-order valence-corrected chi connectivity index (χ0v) is 28.4. The maximum Gasteiger partial charge on any atom is 0.193 e. The first-order chi connectivity index (χ1) is 24.9. The minimum atomic E-state index is -0.250. The van der Waals surface area contributed by atoms with Crippen molar-refractivity contribution < 1.29 is 28.5 Å². The van der Waals surface area contributed by atoms with E-state index in [9.17, 15) is 14.7 Å². The summed E-state index contributed by atoms with van der Waals surface area (Å²) in [7, 11) is 0. The number of aryl methyl sites for hydroxylation is 2. The van der Waals surface area contributed by atoms with Crippen molar-refractivity contribution in [1.82, 2.24) is 15.0 Å². The number of hydrogen-bond acceptors (Lipinski definition) is 9. The molecule has 2 heterocycles. The fourth-order valence-corrected chi connectivity index (χ4v) is 5.39. The van der Waals surface area contributed by atoms with Crippen LogP contribution in [-0.2, 0) is 17.7 Å². The zero-order chi connectivity index (χ0) is 35.4. The van der Waals surface area contributed by atoms with Crippen LogP contribution >= 0.6 is 0 Å². The molecule has 0 aliphatic heterocycles. The van der Waals surface area contributed by atoms with Gasteiger partial charge < -0.3 is 23.7 Å². The molecule has 10 heteroatoms. The van der Waals surface area contributed by atoms with Crippen molar-refractivity contribution in [3.63, 3.8) is 0 Å². The fourth-order valence-electron chi connectivity index (χ4n) is 5.39. The van der Waals surface area contributed by atoms with E-state index < -0.39 is 0 Å². The van der Waals surface area contributed by atoms with E-state index in [2.05, 4.69) is 10.3 Å². The van der Waals surface area contributed by atoms with Crippen LogP contribution < -0.4 is 14.9 Å². The smallest absolute Gasteiger partial charge is 0.193 e. The quantitative estimate of drug-likeness (QED) is 0.0592. The maximum atomic E-state index is 12.4. The lowest BCUT2D eigenvalue weighted by Gasteiger charge is -2.08. The van der Waals surface area contributed by atoms with Gasteiger partial charge in [0.15, 0.2) is 11.2 Å². The Labute approximate surface area is 295 Å². The first kappa shape index (κ1) is 34.8. The lowest BCUT2D eigenvalue weighted by molar-refractivity contribution is 0.0923. The summed E-state index contributed by atoms with van der Waals surface area (Å²) in [5.74, 6) is 1.71. The Morgan fingerprint density at radius 3 is 2.43 bits per heavy atom. The number of phenolic OH excluding ortho intramolecular Hbond substituents is 1. The summed E-state index contributed by atoms with van der Waals surface area (Å²) in [6, 6.07) is 28.7. The van der Waals surface area contributed by atoms with Crippen LogP contribution in [0.2, 0.25) is 0 Å². The predicted octanol–water partition coefficient (Wildman–Crippen LogP) is 7.46. The molecule has 0 aliphatic rings. The van der Waals surface area contributed by atoms with Gasteiger partial charge in [-0.05, 0) is 104 Å². The lowest BCUT2D eigenvalue weighted by atomic mass is 10.1. The summed E-state index contributed by atoms with van der Waals surface area (Å²) < 4.78 is 25.1. The van der Waals surface area contributed by atoms with Crippen molar-refractivity contribution in [3.8, 4) is 28.6 Å². The first-order valence-corrected chi connectivity index (χ1v) is 16.9. The predicted molar refractivity (Wildman–Crippen MR) is 195 cm³/mol. The van der Waals surface area contributed by atoms with Gasteiger partial charge in [-0.25, -0.2) is 4.68 Å². The largest absolute Gasteiger partial charge is 0.507 e. The van der Waals surface area contributed by atoms with Crippen LogP contribution in [0, 0.1) is 6.92 Å². The number of aromatic nitrogens is 3. The number of hydrogen-bond donors (Lipinski definition) is 1. The highest BCUT2D eigenvalue weighted by molar-refractivity contribution is 6.08. The molecule has 2 aromatic heterocycles. The number of ether oxygens (including phenoxy) is 3. The lowest BCUT2D eigenvalue weighted by Crippen LogP contribution is -2.11. The van der Waals surface area contributed by atoms with E-state index in [0.717, 1.165) is 47.4 Å². The third-order valence-electron chi connectivity index (χ3n) is 8.14. The van der Waals surface area contributed by atoms with Crippen LogP contribution in [0.1, 0.15) is 40.0 Å². The van der Waals surface area contributed by atoms with Crippen molar-refractivity contribution in [3.05, 3.63) is 142 Å². The third-order valence-corrected chi connectivity index (χ3v) is 8.14. The Kier molecular flexibility index (Phi) is 11.7. The summed E-state index contributed by atoms with van der Waals surface area (Å²) in [5.41, 5.74) is 4.25. The molecule has 4 aromatic carbocycles. The van der Waals surface area contributed by atoms with Gasteiger partial charge in [0.05, 0.1) is 43.0 Å². The van der Waals surface area contributed by atoms with Crippen molar-refractivity contribution in [2.45, 2.75) is 32.7 Å². The van der Waals surface area contributed by atoms with Gasteiger partial charge in [0, 0.05) is 17.8 Å². The van der Waals surface area contributed by atoms with Crippen LogP contribution in [0.15, 0.2) is 119 Å². The van der Waals surface area contributed by atoms with Crippen LogP contribution in [-0.4, -0.2) is 52.3 Å². The third kappa shape index (κ3) is 9.80. The van der Waals surface area contributed by atoms with Gasteiger partial charge in [0.2, 0.25) is 0 Å². The highest BCUT2D eigenvalue weighted by Gasteiger charge is 2.09. The minimum Gasteiger partial charge on any atom is -0.507 e. The molecule has 6 aromatic rings. The molecule has 0 fully saturated rings. The number of aromatic hydroxyl groups is 1. The number of carbonyl (C=O) groups excluding carboxylic acids is 1. The molecule has 0 spiro atoms. The number of para-hydroxylation sites is 1. The van der Waals surface area contributed by atoms with Crippen LogP contribution in [0.25, 0.3) is 28.4 Å². The molecule has 0 radical (unpaired) electrons. The van der Waals surface area contributed by atoms with E-state index in [-0.39, 0.29) is 22.5 Å². The molecule has 0 bridgehead atoms. The number of phenols is 1. The Morgan fingerprint density at radius 1 is 0.863 bits per heavy atom. The molecule has 0 unspecified atom stereocenters. The van der Waals surface area contributed by atoms with E-state index in [0.29, 0.717) is 55.5 Å². The van der Waals surface area contributed by atoms with Gasteiger partial charge in [0.25, 0.3) is 0 Å². The van der Waals surface area contributed by atoms with Crippen LogP contribution in [0.5, 0.6) is 17.2 Å².